The Kier molecular flexibility index (Phi) is 10.2. The highest BCUT2D eigenvalue weighted by atomic mass is 127. The summed E-state index contributed by atoms with van der Waals surface area (Å²) in [6.07, 6.45) is 7.52. The first-order valence-electron chi connectivity index (χ1n) is 9.09. The van der Waals surface area contributed by atoms with Crippen molar-refractivity contribution < 1.29 is 4.79 Å². The highest BCUT2D eigenvalue weighted by Crippen LogP contribution is 2.13. The molecule has 0 aromatic heterocycles. The number of halogens is 1. The van der Waals surface area contributed by atoms with Crippen LogP contribution in [0.15, 0.2) is 29.3 Å². The highest BCUT2D eigenvalue weighted by molar-refractivity contribution is 14.0. The molecule has 1 aromatic carbocycles. The van der Waals surface area contributed by atoms with Gasteiger partial charge in [0, 0.05) is 43.5 Å². The predicted molar refractivity (Wildman–Crippen MR) is 123 cm³/mol. The molecular weight excluding hydrogens is 453 g/mol. The van der Waals surface area contributed by atoms with Crippen LogP contribution in [0.4, 0.5) is 5.69 Å². The average molecular weight is 483 g/mol. The molecule has 1 amide bonds. The molecule has 3 N–H and O–H groups in total. The Bertz CT molecular complexity index is 675. The lowest BCUT2D eigenvalue weighted by atomic mass is 10.0. The van der Waals surface area contributed by atoms with Gasteiger partial charge >= 0.3 is 0 Å². The summed E-state index contributed by atoms with van der Waals surface area (Å²) in [7, 11) is 1.72. The zero-order chi connectivity index (χ0) is 18.9. The number of aliphatic imine (C=N–C) groups is 1. The summed E-state index contributed by atoms with van der Waals surface area (Å²) >= 11 is 0. The molecule has 1 heterocycles. The van der Waals surface area contributed by atoms with Crippen LogP contribution in [0.25, 0.3) is 0 Å². The van der Waals surface area contributed by atoms with Crippen LogP contribution < -0.4 is 16.0 Å². The van der Waals surface area contributed by atoms with E-state index in [2.05, 4.69) is 45.6 Å². The van der Waals surface area contributed by atoms with Gasteiger partial charge in [0.1, 0.15) is 0 Å². The van der Waals surface area contributed by atoms with Crippen molar-refractivity contribution in [2.45, 2.75) is 38.8 Å². The minimum absolute atomic E-state index is 0. The third kappa shape index (κ3) is 7.77. The molecule has 1 fully saturated rings. The van der Waals surface area contributed by atoms with Gasteiger partial charge < -0.3 is 20.9 Å². The number of carbonyl (C=O) groups excluding carboxylic acids is 1. The Morgan fingerprint density at radius 2 is 2.07 bits per heavy atom. The number of likely N-dealkylation sites (tertiary alicyclic amines) is 1. The molecule has 2 rings (SSSR count). The molecule has 1 aromatic rings. The third-order valence-corrected chi connectivity index (χ3v) is 4.55. The summed E-state index contributed by atoms with van der Waals surface area (Å²) in [5.41, 5.74) is 1.43. The topological polar surface area (TPSA) is 68.8 Å². The maximum absolute atomic E-state index is 12.1. The zero-order valence-electron chi connectivity index (χ0n) is 16.3. The van der Waals surface area contributed by atoms with Crippen molar-refractivity contribution in [3.63, 3.8) is 0 Å². The van der Waals surface area contributed by atoms with Crippen molar-refractivity contribution >= 4 is 41.5 Å². The van der Waals surface area contributed by atoms with Gasteiger partial charge in [0.15, 0.2) is 5.96 Å². The van der Waals surface area contributed by atoms with Crippen molar-refractivity contribution in [1.29, 1.82) is 0 Å². The molecule has 27 heavy (non-hydrogen) atoms. The Morgan fingerprint density at radius 3 is 2.67 bits per heavy atom. The average Bonchev–Trinajstić information content (AvgIpc) is 2.65. The van der Waals surface area contributed by atoms with Crippen LogP contribution in [0.2, 0.25) is 0 Å². The number of hydrogen-bond acceptors (Lipinski definition) is 3. The maximum atomic E-state index is 12.1. The number of nitrogens with one attached hydrogen (secondary N) is 3. The summed E-state index contributed by atoms with van der Waals surface area (Å²) in [6, 6.07) is 8.20. The minimum Gasteiger partial charge on any atom is -0.354 e. The number of carbonyl (C=O) groups is 1. The van der Waals surface area contributed by atoms with Crippen molar-refractivity contribution in [2.75, 3.05) is 32.0 Å². The van der Waals surface area contributed by atoms with E-state index in [1.807, 2.05) is 18.2 Å². The number of amides is 1. The highest BCUT2D eigenvalue weighted by Gasteiger charge is 2.21. The van der Waals surface area contributed by atoms with Gasteiger partial charge in [-0.25, -0.2) is 0 Å². The monoisotopic (exact) mass is 483 g/mol. The van der Waals surface area contributed by atoms with E-state index in [1.165, 1.54) is 0 Å². The molecular formula is C20H30IN5O. The molecule has 1 saturated heterocycles. The number of hydrogen-bond donors (Lipinski definition) is 3. The number of anilines is 1. The summed E-state index contributed by atoms with van der Waals surface area (Å²) in [5, 5.41) is 9.31. The first kappa shape index (κ1) is 23.2. The van der Waals surface area contributed by atoms with Crippen LogP contribution in [0.1, 0.15) is 32.3 Å². The first-order chi connectivity index (χ1) is 12.5. The second-order valence-electron chi connectivity index (χ2n) is 6.75. The molecule has 148 valence electrons. The summed E-state index contributed by atoms with van der Waals surface area (Å²) in [6.45, 7) is 6.76. The Hall–Kier alpha value is -1.79. The summed E-state index contributed by atoms with van der Waals surface area (Å²) in [5.74, 6) is 3.07. The van der Waals surface area contributed by atoms with Crippen molar-refractivity contribution in [3.8, 4) is 12.3 Å². The number of rotatable bonds is 5. The van der Waals surface area contributed by atoms with E-state index in [4.69, 9.17) is 6.42 Å². The van der Waals surface area contributed by atoms with E-state index in [1.54, 1.807) is 13.1 Å². The van der Waals surface area contributed by atoms with E-state index in [9.17, 15) is 4.79 Å². The van der Waals surface area contributed by atoms with Gasteiger partial charge in [-0.2, -0.15) is 0 Å². The lowest BCUT2D eigenvalue weighted by molar-refractivity contribution is -0.115. The lowest BCUT2D eigenvalue weighted by Gasteiger charge is -2.35. The van der Waals surface area contributed by atoms with Crippen LogP contribution in [-0.2, 0) is 4.79 Å². The minimum atomic E-state index is -0.142. The Balaban J connectivity index is 0.00000364. The maximum Gasteiger partial charge on any atom is 0.243 e. The molecule has 0 unspecified atom stereocenters. The first-order valence-corrected chi connectivity index (χ1v) is 9.09. The molecule has 0 aliphatic carbocycles. The predicted octanol–water partition coefficient (Wildman–Crippen LogP) is 2.26. The number of piperidine rings is 1. The van der Waals surface area contributed by atoms with Crippen LogP contribution >= 0.6 is 24.0 Å². The van der Waals surface area contributed by atoms with Gasteiger partial charge in [0.25, 0.3) is 0 Å². The number of benzene rings is 1. The van der Waals surface area contributed by atoms with Crippen LogP contribution in [0.3, 0.4) is 0 Å². The Labute approximate surface area is 179 Å². The Morgan fingerprint density at radius 1 is 1.37 bits per heavy atom. The fourth-order valence-electron chi connectivity index (χ4n) is 3.00. The summed E-state index contributed by atoms with van der Waals surface area (Å²) < 4.78 is 0. The smallest absolute Gasteiger partial charge is 0.243 e. The molecule has 1 aliphatic rings. The van der Waals surface area contributed by atoms with Gasteiger partial charge in [-0.1, -0.05) is 12.0 Å². The van der Waals surface area contributed by atoms with Gasteiger partial charge in [0.05, 0.1) is 6.54 Å². The van der Waals surface area contributed by atoms with E-state index in [-0.39, 0.29) is 36.4 Å². The fourth-order valence-corrected chi connectivity index (χ4v) is 3.00. The van der Waals surface area contributed by atoms with Crippen molar-refractivity contribution in [3.05, 3.63) is 29.8 Å². The number of terminal acetylenes is 1. The van der Waals surface area contributed by atoms with E-state index < -0.39 is 0 Å². The van der Waals surface area contributed by atoms with Crippen molar-refractivity contribution in [2.24, 2.45) is 4.99 Å². The number of nitrogens with zero attached hydrogens (tertiary/aromatic N) is 2. The van der Waals surface area contributed by atoms with Gasteiger partial charge in [-0.3, -0.25) is 9.79 Å². The normalized spacial score (nSPS) is 15.6. The molecule has 1 aliphatic heterocycles. The fraction of sp³-hybridized carbons (Fsp3) is 0.500. The summed E-state index contributed by atoms with van der Waals surface area (Å²) in [4.78, 5) is 18.8. The molecule has 0 atom stereocenters. The molecule has 0 saturated carbocycles. The largest absolute Gasteiger partial charge is 0.354 e. The molecule has 0 spiro atoms. The second kappa shape index (κ2) is 11.8. The number of guanidine groups is 1. The van der Waals surface area contributed by atoms with Gasteiger partial charge in [0.2, 0.25) is 5.91 Å². The van der Waals surface area contributed by atoms with E-state index >= 15 is 0 Å². The van der Waals surface area contributed by atoms with Crippen molar-refractivity contribution in [1.82, 2.24) is 15.5 Å². The third-order valence-electron chi connectivity index (χ3n) is 4.55. The van der Waals surface area contributed by atoms with E-state index in [0.29, 0.717) is 23.7 Å². The second-order valence-corrected chi connectivity index (χ2v) is 6.75. The molecule has 0 bridgehead atoms. The van der Waals surface area contributed by atoms with Crippen LogP contribution in [0.5, 0.6) is 0 Å². The van der Waals surface area contributed by atoms with Crippen LogP contribution in [-0.4, -0.2) is 55.5 Å². The zero-order valence-corrected chi connectivity index (χ0v) is 18.6. The van der Waals surface area contributed by atoms with Gasteiger partial charge in [-0.15, -0.1) is 30.4 Å². The van der Waals surface area contributed by atoms with Gasteiger partial charge in [-0.05, 0) is 44.9 Å². The molecule has 0 radical (unpaired) electrons. The molecule has 7 heteroatoms. The molecule has 6 nitrogen and oxygen atoms in total. The SMILES string of the molecule is C#Cc1cccc(NC(=O)CNC(=NC)NC2CCN(C(C)C)CC2)c1.I. The van der Waals surface area contributed by atoms with Crippen LogP contribution in [0, 0.1) is 12.3 Å². The quantitative estimate of drug-likeness (QED) is 0.260. The lowest BCUT2D eigenvalue weighted by Crippen LogP contribution is -2.50. The standard InChI is InChI=1S/C20H29N5O.HI/c1-5-16-7-6-8-18(13-16)23-19(26)14-22-20(21-4)24-17-9-11-25(12-10-17)15(2)3;/h1,6-8,13,15,17H,9-12,14H2,2-4H3,(H,23,26)(H2,21,22,24);1H. The van der Waals surface area contributed by atoms with E-state index in [0.717, 1.165) is 31.5 Å².